The fourth-order valence-corrected chi connectivity index (χ4v) is 0.618. The van der Waals surface area contributed by atoms with Gasteiger partial charge in [-0.05, 0) is 0 Å². The third kappa shape index (κ3) is 2.84. The number of rotatable bonds is 5. The van der Waals surface area contributed by atoms with Crippen LogP contribution in [-0.4, -0.2) is 62.8 Å². The van der Waals surface area contributed by atoms with Crippen LogP contribution in [0.4, 0.5) is 0 Å². The summed E-state index contributed by atoms with van der Waals surface area (Å²) in [7, 11) is 0. The zero-order valence-electron chi connectivity index (χ0n) is 6.24. The third-order valence-corrected chi connectivity index (χ3v) is 1.42. The summed E-state index contributed by atoms with van der Waals surface area (Å²) in [5.74, 6) is 0. The second kappa shape index (κ2) is 5.18. The van der Waals surface area contributed by atoms with Gasteiger partial charge in [0.2, 0.25) is 0 Å². The van der Waals surface area contributed by atoms with Crippen LogP contribution in [-0.2, 0) is 4.79 Å². The molecule has 12 heavy (non-hydrogen) atoms. The van der Waals surface area contributed by atoms with Crippen LogP contribution in [0.3, 0.4) is 0 Å². The monoisotopic (exact) mass is 181 g/mol. The highest BCUT2D eigenvalue weighted by atomic mass is 16.4. The van der Waals surface area contributed by atoms with Crippen molar-refractivity contribution in [3.05, 3.63) is 0 Å². The molecule has 0 aliphatic rings. The summed E-state index contributed by atoms with van der Waals surface area (Å²) in [5.41, 5.74) is 0. The first-order valence-electron chi connectivity index (χ1n) is 3.33. The largest absolute Gasteiger partial charge is 0.394 e. The van der Waals surface area contributed by atoms with E-state index in [2.05, 4.69) is 0 Å². The van der Waals surface area contributed by atoms with Crippen molar-refractivity contribution in [2.24, 2.45) is 0 Å². The Kier molecular flexibility index (Phi) is 4.95. The van der Waals surface area contributed by atoms with E-state index in [9.17, 15) is 4.79 Å². The van der Waals surface area contributed by atoms with Crippen molar-refractivity contribution in [2.45, 2.75) is 24.4 Å². The van der Waals surface area contributed by atoms with E-state index in [1.807, 2.05) is 0 Å². The van der Waals surface area contributed by atoms with Crippen LogP contribution in [0.1, 0.15) is 0 Å². The molecule has 0 amide bonds. The molecule has 72 valence electrons. The van der Waals surface area contributed by atoms with Gasteiger partial charge in [0.15, 0.2) is 6.29 Å². The van der Waals surface area contributed by atoms with Crippen LogP contribution in [0.15, 0.2) is 0 Å². The molecular weight excluding hydrogens is 169 g/mol. The van der Waals surface area contributed by atoms with Crippen molar-refractivity contribution >= 4 is 6.29 Å². The molecule has 0 saturated carbocycles. The van der Waals surface area contributed by atoms with Crippen molar-refractivity contribution in [3.8, 4) is 0 Å². The molecule has 0 unspecified atom stereocenters. The number of hydrogen-bond acceptors (Lipinski definition) is 6. The lowest BCUT2D eigenvalue weighted by atomic mass is 10.1. The second-order valence-electron chi connectivity index (χ2n) is 2.36. The molecule has 4 atom stereocenters. The topological polar surface area (TPSA) is 118 Å². The standard InChI is InChI=1S/C6H12O6/c7-1-3(9)5(11)6(12)4(10)2-8/h1,3-6,8-12H,2H2/t3-,4-,5+,6+/m1/s1/i3+1. The van der Waals surface area contributed by atoms with E-state index in [-0.39, 0.29) is 6.29 Å². The smallest absolute Gasteiger partial charge is 0.151 e. The molecule has 0 fully saturated rings. The second-order valence-corrected chi connectivity index (χ2v) is 2.36. The number of carbonyl (C=O) groups excluding carboxylic acids is 1. The molecule has 6 nitrogen and oxygen atoms in total. The summed E-state index contributed by atoms with van der Waals surface area (Å²) in [5, 5.41) is 43.5. The maximum Gasteiger partial charge on any atom is 0.151 e. The molecule has 0 radical (unpaired) electrons. The number of aliphatic hydroxyl groups excluding tert-OH is 5. The first-order valence-corrected chi connectivity index (χ1v) is 3.33. The van der Waals surface area contributed by atoms with Gasteiger partial charge in [-0.3, -0.25) is 0 Å². The van der Waals surface area contributed by atoms with Crippen molar-refractivity contribution < 1.29 is 30.3 Å². The Labute approximate surface area is 68.7 Å². The van der Waals surface area contributed by atoms with Crippen LogP contribution in [0, 0.1) is 0 Å². The Morgan fingerprint density at radius 2 is 1.58 bits per heavy atom. The normalized spacial score (nSPS) is 21.1. The molecule has 0 rings (SSSR count). The number of aldehydes is 1. The molecule has 0 aromatic heterocycles. The minimum atomic E-state index is -1.79. The lowest BCUT2D eigenvalue weighted by Crippen LogP contribution is -2.46. The van der Waals surface area contributed by atoms with E-state index < -0.39 is 31.0 Å². The maximum atomic E-state index is 9.90. The van der Waals surface area contributed by atoms with Crippen molar-refractivity contribution in [2.75, 3.05) is 6.61 Å². The van der Waals surface area contributed by atoms with Gasteiger partial charge in [0.1, 0.15) is 24.4 Å². The number of aliphatic hydroxyl groups is 5. The molecule has 6 heteroatoms. The van der Waals surface area contributed by atoms with Gasteiger partial charge in [0, 0.05) is 0 Å². The molecule has 0 spiro atoms. The summed E-state index contributed by atoms with van der Waals surface area (Å²) >= 11 is 0. The van der Waals surface area contributed by atoms with Gasteiger partial charge in [0.05, 0.1) is 6.61 Å². The summed E-state index contributed by atoms with van der Waals surface area (Å²) in [6.45, 7) is -0.760. The van der Waals surface area contributed by atoms with Gasteiger partial charge >= 0.3 is 0 Å². The molecular formula is C6H12O6. The summed E-state index contributed by atoms with van der Waals surface area (Å²) in [6.07, 6.45) is -6.84. The van der Waals surface area contributed by atoms with Crippen molar-refractivity contribution in [1.82, 2.24) is 0 Å². The highest BCUT2D eigenvalue weighted by molar-refractivity contribution is 5.56. The highest BCUT2D eigenvalue weighted by Crippen LogP contribution is 2.02. The Hall–Kier alpha value is -0.530. The SMILES string of the molecule is O=C[13C@@H](O)[C@H](O)[C@@H](O)[C@H](O)CO. The predicted octanol–water partition coefficient (Wildman–Crippen LogP) is -3.38. The van der Waals surface area contributed by atoms with Crippen LogP contribution in [0.5, 0.6) is 0 Å². The van der Waals surface area contributed by atoms with Crippen molar-refractivity contribution in [3.63, 3.8) is 0 Å². The Morgan fingerprint density at radius 1 is 1.08 bits per heavy atom. The molecule has 0 aromatic rings. The average Bonchev–Trinajstić information content (AvgIpc) is 2.12. The Bertz CT molecular complexity index is 138. The Balaban J connectivity index is 4.07. The quantitative estimate of drug-likeness (QED) is 0.223. The van der Waals surface area contributed by atoms with Crippen LogP contribution in [0.25, 0.3) is 0 Å². The van der Waals surface area contributed by atoms with Crippen LogP contribution < -0.4 is 0 Å². The molecule has 0 heterocycles. The van der Waals surface area contributed by atoms with Crippen LogP contribution >= 0.6 is 0 Å². The Morgan fingerprint density at radius 3 is 1.92 bits per heavy atom. The van der Waals surface area contributed by atoms with E-state index in [1.54, 1.807) is 0 Å². The van der Waals surface area contributed by atoms with E-state index in [0.717, 1.165) is 0 Å². The number of hydrogen-bond donors (Lipinski definition) is 5. The van der Waals surface area contributed by atoms with Crippen LogP contribution in [0.2, 0.25) is 0 Å². The zero-order valence-corrected chi connectivity index (χ0v) is 6.24. The van der Waals surface area contributed by atoms with Crippen molar-refractivity contribution in [1.29, 1.82) is 0 Å². The molecule has 0 bridgehead atoms. The van der Waals surface area contributed by atoms with Gasteiger partial charge in [-0.25, -0.2) is 0 Å². The van der Waals surface area contributed by atoms with Gasteiger partial charge < -0.3 is 30.3 Å². The summed E-state index contributed by atoms with van der Waals surface area (Å²) in [6, 6.07) is 0. The summed E-state index contributed by atoms with van der Waals surface area (Å²) in [4.78, 5) is 9.90. The predicted molar refractivity (Wildman–Crippen MR) is 37.2 cm³/mol. The zero-order chi connectivity index (χ0) is 9.72. The van der Waals surface area contributed by atoms with Gasteiger partial charge in [0.25, 0.3) is 0 Å². The molecule has 5 N–H and O–H groups in total. The highest BCUT2D eigenvalue weighted by Gasteiger charge is 2.29. The minimum absolute atomic E-state index is 0.0258. The fraction of sp³-hybridized carbons (Fsp3) is 0.833. The van der Waals surface area contributed by atoms with E-state index in [4.69, 9.17) is 25.5 Å². The first-order chi connectivity index (χ1) is 5.54. The molecule has 0 aliphatic carbocycles. The van der Waals surface area contributed by atoms with E-state index in [1.165, 1.54) is 0 Å². The van der Waals surface area contributed by atoms with E-state index >= 15 is 0 Å². The minimum Gasteiger partial charge on any atom is -0.394 e. The lowest BCUT2D eigenvalue weighted by Gasteiger charge is -2.22. The van der Waals surface area contributed by atoms with Gasteiger partial charge in [-0.1, -0.05) is 0 Å². The third-order valence-electron chi connectivity index (χ3n) is 1.42. The number of carbonyl (C=O) groups is 1. The molecule has 0 aliphatic heterocycles. The van der Waals surface area contributed by atoms with Gasteiger partial charge in [-0.2, -0.15) is 0 Å². The molecule has 0 saturated heterocycles. The van der Waals surface area contributed by atoms with Gasteiger partial charge in [-0.15, -0.1) is 0 Å². The summed E-state index contributed by atoms with van der Waals surface area (Å²) < 4.78 is 0. The lowest BCUT2D eigenvalue weighted by molar-refractivity contribution is -0.136. The van der Waals surface area contributed by atoms with E-state index in [0.29, 0.717) is 0 Å². The average molecular weight is 181 g/mol. The molecule has 0 aromatic carbocycles. The maximum absolute atomic E-state index is 9.90. The fourth-order valence-electron chi connectivity index (χ4n) is 0.618. The first kappa shape index (κ1) is 11.5.